The molecule has 0 bridgehead atoms. The quantitative estimate of drug-likeness (QED) is 0.931. The number of rotatable bonds is 3. The largest absolute Gasteiger partial charge is 0.480 e. The molecule has 1 N–H and O–H groups in total. The highest BCUT2D eigenvalue weighted by atomic mass is 32.1. The highest BCUT2D eigenvalue weighted by molar-refractivity contribution is 7.20. The van der Waals surface area contributed by atoms with E-state index in [0.29, 0.717) is 10.8 Å². The summed E-state index contributed by atoms with van der Waals surface area (Å²) in [6, 6.07) is 2.07. The number of nitrogens with zero attached hydrogens (tertiary/aromatic N) is 3. The summed E-state index contributed by atoms with van der Waals surface area (Å²) < 4.78 is 5.20. The van der Waals surface area contributed by atoms with Crippen LogP contribution < -0.4 is 10.1 Å². The summed E-state index contributed by atoms with van der Waals surface area (Å²) in [5, 5.41) is 3.90. The van der Waals surface area contributed by atoms with Crippen molar-refractivity contribution in [2.24, 2.45) is 0 Å². The zero-order valence-electron chi connectivity index (χ0n) is 12.1. The Kier molecular flexibility index (Phi) is 4.03. The maximum atomic E-state index is 12.4. The SMILES string of the molecule is COc1ncnc2sc(C(=O)NC3CCN(C)CC3)cc12. The second-order valence-corrected chi connectivity index (χ2v) is 6.29. The van der Waals surface area contributed by atoms with Crippen molar-refractivity contribution < 1.29 is 9.53 Å². The van der Waals surface area contributed by atoms with Crippen molar-refractivity contribution in [1.29, 1.82) is 0 Å². The number of piperidine rings is 1. The fourth-order valence-electron chi connectivity index (χ4n) is 2.52. The Labute approximate surface area is 127 Å². The van der Waals surface area contributed by atoms with Crippen LogP contribution in [-0.4, -0.2) is 54.1 Å². The lowest BCUT2D eigenvalue weighted by molar-refractivity contribution is 0.0921. The van der Waals surface area contributed by atoms with Crippen LogP contribution in [-0.2, 0) is 0 Å². The molecule has 0 spiro atoms. The molecule has 21 heavy (non-hydrogen) atoms. The normalized spacial score (nSPS) is 17.0. The van der Waals surface area contributed by atoms with E-state index in [1.807, 2.05) is 6.07 Å². The molecule has 112 valence electrons. The van der Waals surface area contributed by atoms with Crippen LogP contribution in [0.5, 0.6) is 5.88 Å². The summed E-state index contributed by atoms with van der Waals surface area (Å²) in [6.07, 6.45) is 3.45. The number of ether oxygens (including phenoxy) is 1. The second kappa shape index (κ2) is 5.95. The second-order valence-electron chi connectivity index (χ2n) is 5.26. The highest BCUT2D eigenvalue weighted by Gasteiger charge is 2.21. The van der Waals surface area contributed by atoms with E-state index in [2.05, 4.69) is 27.2 Å². The number of fused-ring (bicyclic) bond motifs is 1. The van der Waals surface area contributed by atoms with E-state index in [-0.39, 0.29) is 11.9 Å². The van der Waals surface area contributed by atoms with Gasteiger partial charge in [0.15, 0.2) is 0 Å². The number of likely N-dealkylation sites (tertiary alicyclic amines) is 1. The number of methoxy groups -OCH3 is 1. The maximum absolute atomic E-state index is 12.4. The van der Waals surface area contributed by atoms with Crippen LogP contribution >= 0.6 is 11.3 Å². The fourth-order valence-corrected chi connectivity index (χ4v) is 3.41. The number of hydrogen-bond donors (Lipinski definition) is 1. The first-order valence-electron chi connectivity index (χ1n) is 6.95. The summed E-state index contributed by atoms with van der Waals surface area (Å²) in [5.41, 5.74) is 0. The Morgan fingerprint density at radius 1 is 1.43 bits per heavy atom. The van der Waals surface area contributed by atoms with Gasteiger partial charge in [-0.15, -0.1) is 11.3 Å². The predicted octanol–water partition coefficient (Wildman–Crippen LogP) is 1.52. The van der Waals surface area contributed by atoms with E-state index in [1.165, 1.54) is 17.7 Å². The number of carbonyl (C=O) groups is 1. The van der Waals surface area contributed by atoms with Crippen LogP contribution in [0.1, 0.15) is 22.5 Å². The van der Waals surface area contributed by atoms with Gasteiger partial charge in [-0.25, -0.2) is 9.97 Å². The number of amides is 1. The molecule has 0 saturated carbocycles. The molecule has 0 aromatic carbocycles. The average Bonchev–Trinajstić information content (AvgIpc) is 2.93. The molecule has 6 nitrogen and oxygen atoms in total. The Balaban J connectivity index is 1.75. The van der Waals surface area contributed by atoms with Crippen LogP contribution in [0.25, 0.3) is 10.2 Å². The van der Waals surface area contributed by atoms with Gasteiger partial charge in [0.2, 0.25) is 5.88 Å². The topological polar surface area (TPSA) is 67.3 Å². The fraction of sp³-hybridized carbons (Fsp3) is 0.500. The lowest BCUT2D eigenvalue weighted by Crippen LogP contribution is -2.43. The van der Waals surface area contributed by atoms with E-state index >= 15 is 0 Å². The summed E-state index contributed by atoms with van der Waals surface area (Å²) in [7, 11) is 3.67. The number of nitrogens with one attached hydrogen (secondary N) is 1. The van der Waals surface area contributed by atoms with Gasteiger partial charge < -0.3 is 15.0 Å². The summed E-state index contributed by atoms with van der Waals surface area (Å²) >= 11 is 1.37. The summed E-state index contributed by atoms with van der Waals surface area (Å²) in [5.74, 6) is 0.476. The van der Waals surface area contributed by atoms with Crippen molar-refractivity contribution in [2.75, 3.05) is 27.2 Å². The first-order chi connectivity index (χ1) is 10.2. The molecule has 1 amide bonds. The third-order valence-corrected chi connectivity index (χ3v) is 4.81. The predicted molar refractivity (Wildman–Crippen MR) is 82.0 cm³/mol. The van der Waals surface area contributed by atoms with Gasteiger partial charge in [-0.1, -0.05) is 0 Å². The lowest BCUT2D eigenvalue weighted by Gasteiger charge is -2.29. The molecule has 2 aromatic heterocycles. The van der Waals surface area contributed by atoms with Crippen molar-refractivity contribution in [1.82, 2.24) is 20.2 Å². The minimum atomic E-state index is -0.0328. The molecule has 0 aliphatic carbocycles. The molecule has 0 atom stereocenters. The molecule has 1 saturated heterocycles. The smallest absolute Gasteiger partial charge is 0.261 e. The molecule has 1 aliphatic rings. The van der Waals surface area contributed by atoms with E-state index in [9.17, 15) is 4.79 Å². The molecule has 3 rings (SSSR count). The first kappa shape index (κ1) is 14.2. The van der Waals surface area contributed by atoms with E-state index in [4.69, 9.17) is 4.74 Å². The van der Waals surface area contributed by atoms with E-state index in [0.717, 1.165) is 36.1 Å². The van der Waals surface area contributed by atoms with Gasteiger partial charge >= 0.3 is 0 Å². The van der Waals surface area contributed by atoms with Crippen LogP contribution in [0.4, 0.5) is 0 Å². The van der Waals surface area contributed by atoms with E-state index in [1.54, 1.807) is 7.11 Å². The van der Waals surface area contributed by atoms with Gasteiger partial charge in [0, 0.05) is 6.04 Å². The number of carbonyl (C=O) groups excluding carboxylic acids is 1. The van der Waals surface area contributed by atoms with Crippen molar-refractivity contribution in [3.8, 4) is 5.88 Å². The third-order valence-electron chi connectivity index (χ3n) is 3.76. The Hall–Kier alpha value is -1.73. The number of hydrogen-bond acceptors (Lipinski definition) is 6. The monoisotopic (exact) mass is 306 g/mol. The first-order valence-corrected chi connectivity index (χ1v) is 7.77. The molecule has 0 radical (unpaired) electrons. The summed E-state index contributed by atoms with van der Waals surface area (Å²) in [6.45, 7) is 2.05. The van der Waals surface area contributed by atoms with Crippen molar-refractivity contribution in [3.63, 3.8) is 0 Å². The standard InChI is InChI=1S/C14H18N4O2S/c1-18-5-3-9(4-6-18)17-12(19)11-7-10-13(20-2)15-8-16-14(10)21-11/h7-9H,3-6H2,1-2H3,(H,17,19). The Morgan fingerprint density at radius 3 is 2.90 bits per heavy atom. The van der Waals surface area contributed by atoms with Gasteiger partial charge in [0.05, 0.1) is 17.4 Å². The minimum absolute atomic E-state index is 0.0328. The maximum Gasteiger partial charge on any atom is 0.261 e. The molecule has 1 aliphatic heterocycles. The summed E-state index contributed by atoms with van der Waals surface area (Å²) in [4.78, 5) is 24.3. The molecule has 2 aromatic rings. The van der Waals surface area contributed by atoms with Crippen LogP contribution in [0.15, 0.2) is 12.4 Å². The number of thiophene rings is 1. The minimum Gasteiger partial charge on any atom is -0.480 e. The van der Waals surface area contributed by atoms with Gasteiger partial charge in [0.25, 0.3) is 5.91 Å². The molecular formula is C14H18N4O2S. The highest BCUT2D eigenvalue weighted by Crippen LogP contribution is 2.29. The zero-order chi connectivity index (χ0) is 14.8. The van der Waals surface area contributed by atoms with Crippen LogP contribution in [0.2, 0.25) is 0 Å². The Bertz CT molecular complexity index is 649. The third kappa shape index (κ3) is 2.98. The van der Waals surface area contributed by atoms with Crippen molar-refractivity contribution >= 4 is 27.5 Å². The van der Waals surface area contributed by atoms with E-state index < -0.39 is 0 Å². The van der Waals surface area contributed by atoms with Gasteiger partial charge in [-0.05, 0) is 39.0 Å². The van der Waals surface area contributed by atoms with Gasteiger partial charge in [-0.3, -0.25) is 4.79 Å². The molecule has 0 unspecified atom stereocenters. The molecule has 1 fully saturated rings. The van der Waals surface area contributed by atoms with Crippen LogP contribution in [0.3, 0.4) is 0 Å². The molecule has 3 heterocycles. The Morgan fingerprint density at radius 2 is 2.19 bits per heavy atom. The van der Waals surface area contributed by atoms with Crippen molar-refractivity contribution in [3.05, 3.63) is 17.3 Å². The van der Waals surface area contributed by atoms with Crippen LogP contribution in [0, 0.1) is 0 Å². The van der Waals surface area contributed by atoms with Gasteiger partial charge in [0.1, 0.15) is 11.2 Å². The van der Waals surface area contributed by atoms with Crippen molar-refractivity contribution in [2.45, 2.75) is 18.9 Å². The number of aromatic nitrogens is 2. The molecule has 7 heteroatoms. The average molecular weight is 306 g/mol. The molecular weight excluding hydrogens is 288 g/mol. The van der Waals surface area contributed by atoms with Gasteiger partial charge in [-0.2, -0.15) is 0 Å². The zero-order valence-corrected chi connectivity index (χ0v) is 12.9. The lowest BCUT2D eigenvalue weighted by atomic mass is 10.1.